The summed E-state index contributed by atoms with van der Waals surface area (Å²) >= 11 is 1.99. The van der Waals surface area contributed by atoms with Gasteiger partial charge in [-0.25, -0.2) is 0 Å². The molecule has 8 heteroatoms. The van der Waals surface area contributed by atoms with Gasteiger partial charge in [0.05, 0.1) is 25.9 Å². The molecule has 0 atom stereocenters. The first kappa shape index (κ1) is 20.5. The van der Waals surface area contributed by atoms with Crippen LogP contribution < -0.4 is 5.73 Å². The molecule has 0 spiro atoms. The molecule has 3 fully saturated rings. The van der Waals surface area contributed by atoms with Gasteiger partial charge in [-0.3, -0.25) is 9.89 Å². The van der Waals surface area contributed by atoms with Gasteiger partial charge in [0.15, 0.2) is 5.96 Å². The van der Waals surface area contributed by atoms with Crippen molar-refractivity contribution >= 4 is 41.7 Å². The zero-order valence-electron chi connectivity index (χ0n) is 14.6. The molecule has 0 radical (unpaired) electrons. The van der Waals surface area contributed by atoms with Gasteiger partial charge in [-0.05, 0) is 19.8 Å². The summed E-state index contributed by atoms with van der Waals surface area (Å²) in [7, 11) is 0. The fourth-order valence-corrected chi connectivity index (χ4v) is 4.69. The normalized spacial score (nSPS) is 32.1. The predicted molar refractivity (Wildman–Crippen MR) is 111 cm³/mol. The third-order valence-electron chi connectivity index (χ3n) is 5.17. The van der Waals surface area contributed by atoms with Gasteiger partial charge >= 0.3 is 0 Å². The molecular weight excluding hydrogens is 439 g/mol. The highest BCUT2D eigenvalue weighted by Gasteiger charge is 2.49. The van der Waals surface area contributed by atoms with E-state index in [0.29, 0.717) is 6.10 Å². The van der Waals surface area contributed by atoms with Crippen LogP contribution in [0.2, 0.25) is 0 Å². The number of halogens is 1. The maximum atomic E-state index is 6.25. The Labute approximate surface area is 166 Å². The van der Waals surface area contributed by atoms with E-state index < -0.39 is 0 Å². The summed E-state index contributed by atoms with van der Waals surface area (Å²) in [5.41, 5.74) is 6.37. The van der Waals surface area contributed by atoms with Crippen LogP contribution >= 0.6 is 35.7 Å². The van der Waals surface area contributed by atoms with E-state index in [2.05, 4.69) is 16.7 Å². The summed E-state index contributed by atoms with van der Waals surface area (Å²) in [4.78, 5) is 9.56. The maximum absolute atomic E-state index is 6.25. The number of nitrogens with zero attached hydrogens (tertiary/aromatic N) is 3. The number of aliphatic imine (C=N–C) groups is 1. The summed E-state index contributed by atoms with van der Waals surface area (Å²) < 4.78 is 11.3. The first-order valence-corrected chi connectivity index (χ1v) is 9.96. The first-order chi connectivity index (χ1) is 11.2. The molecule has 2 aliphatic heterocycles. The summed E-state index contributed by atoms with van der Waals surface area (Å²) in [6, 6.07) is 0. The van der Waals surface area contributed by atoms with Crippen LogP contribution in [0, 0.1) is 0 Å². The van der Waals surface area contributed by atoms with E-state index in [1.54, 1.807) is 0 Å². The molecule has 1 saturated carbocycles. The molecule has 0 aromatic carbocycles. The molecule has 2 N–H and O–H groups in total. The molecule has 2 saturated heterocycles. The van der Waals surface area contributed by atoms with E-state index in [0.717, 1.165) is 82.9 Å². The molecule has 0 unspecified atom stereocenters. The van der Waals surface area contributed by atoms with Crippen molar-refractivity contribution in [2.75, 3.05) is 64.1 Å². The van der Waals surface area contributed by atoms with Crippen molar-refractivity contribution in [1.29, 1.82) is 0 Å². The monoisotopic (exact) mass is 470 g/mol. The van der Waals surface area contributed by atoms with Gasteiger partial charge in [-0.2, -0.15) is 11.8 Å². The number of thioether (sulfide) groups is 1. The lowest BCUT2D eigenvalue weighted by Crippen LogP contribution is -2.64. The van der Waals surface area contributed by atoms with Crippen LogP contribution in [0.1, 0.15) is 19.8 Å². The van der Waals surface area contributed by atoms with E-state index in [1.807, 2.05) is 11.8 Å². The molecular formula is C16H31IN4O2S. The van der Waals surface area contributed by atoms with Crippen LogP contribution in [0.5, 0.6) is 0 Å². The number of hydrogen-bond donors (Lipinski definition) is 1. The largest absolute Gasteiger partial charge is 0.379 e. The number of nitrogens with two attached hydrogens (primary N) is 1. The Hall–Kier alpha value is 0.230. The van der Waals surface area contributed by atoms with E-state index in [1.165, 1.54) is 0 Å². The molecule has 6 nitrogen and oxygen atoms in total. The van der Waals surface area contributed by atoms with E-state index >= 15 is 0 Å². The van der Waals surface area contributed by atoms with Gasteiger partial charge in [0.1, 0.15) is 0 Å². The third-order valence-corrected chi connectivity index (χ3v) is 6.11. The molecule has 3 rings (SSSR count). The van der Waals surface area contributed by atoms with Crippen molar-refractivity contribution in [3.63, 3.8) is 0 Å². The minimum Gasteiger partial charge on any atom is -0.379 e. The van der Waals surface area contributed by atoms with E-state index in [9.17, 15) is 0 Å². The van der Waals surface area contributed by atoms with Gasteiger partial charge < -0.3 is 20.1 Å². The highest BCUT2D eigenvalue weighted by Crippen LogP contribution is 2.40. The maximum Gasteiger partial charge on any atom is 0.191 e. The second-order valence-corrected chi connectivity index (χ2v) is 7.81. The Morgan fingerprint density at radius 1 is 1.25 bits per heavy atom. The van der Waals surface area contributed by atoms with Gasteiger partial charge in [-0.15, -0.1) is 24.0 Å². The lowest BCUT2D eigenvalue weighted by molar-refractivity contribution is -0.122. The predicted octanol–water partition coefficient (Wildman–Crippen LogP) is 1.24. The highest BCUT2D eigenvalue weighted by atomic mass is 127. The van der Waals surface area contributed by atoms with E-state index in [4.69, 9.17) is 20.2 Å². The molecule has 2 heterocycles. The number of guanidine groups is 1. The quantitative estimate of drug-likeness (QED) is 0.371. The smallest absolute Gasteiger partial charge is 0.191 e. The Morgan fingerprint density at radius 2 is 1.92 bits per heavy atom. The Kier molecular flexibility index (Phi) is 8.39. The van der Waals surface area contributed by atoms with Gasteiger partial charge in [0.2, 0.25) is 0 Å². The molecule has 24 heavy (non-hydrogen) atoms. The van der Waals surface area contributed by atoms with Crippen molar-refractivity contribution in [3.8, 4) is 0 Å². The van der Waals surface area contributed by atoms with Crippen LogP contribution in [-0.2, 0) is 9.47 Å². The molecule has 0 aromatic heterocycles. The highest BCUT2D eigenvalue weighted by molar-refractivity contribution is 14.0. The second kappa shape index (κ2) is 9.80. The van der Waals surface area contributed by atoms with Crippen LogP contribution in [0.25, 0.3) is 0 Å². The summed E-state index contributed by atoms with van der Waals surface area (Å²) in [6.45, 7) is 9.32. The minimum absolute atomic E-state index is 0. The Bertz CT molecular complexity index is 409. The second-order valence-electron chi connectivity index (χ2n) is 6.58. The van der Waals surface area contributed by atoms with Crippen LogP contribution in [-0.4, -0.2) is 91.5 Å². The fourth-order valence-electron chi connectivity index (χ4n) is 3.79. The van der Waals surface area contributed by atoms with Gasteiger partial charge in [0.25, 0.3) is 0 Å². The summed E-state index contributed by atoms with van der Waals surface area (Å²) in [5, 5.41) is 0. The zero-order chi connectivity index (χ0) is 16.1. The number of rotatable bonds is 5. The minimum atomic E-state index is 0. The Morgan fingerprint density at radius 3 is 2.54 bits per heavy atom. The van der Waals surface area contributed by atoms with Gasteiger partial charge in [-0.1, -0.05) is 0 Å². The average molecular weight is 470 g/mol. The SMILES string of the molecule is CCOC1CC(CN=C(N)N2CCSCC2)(N2CCOCC2)C1.I. The third kappa shape index (κ3) is 4.90. The molecule has 140 valence electrons. The number of morpholine rings is 1. The van der Waals surface area contributed by atoms with Crippen molar-refractivity contribution in [2.45, 2.75) is 31.4 Å². The number of ether oxygens (including phenoxy) is 2. The van der Waals surface area contributed by atoms with Crippen molar-refractivity contribution in [2.24, 2.45) is 10.7 Å². The van der Waals surface area contributed by atoms with Crippen molar-refractivity contribution in [1.82, 2.24) is 9.80 Å². The molecule has 1 aliphatic carbocycles. The van der Waals surface area contributed by atoms with E-state index in [-0.39, 0.29) is 29.5 Å². The first-order valence-electron chi connectivity index (χ1n) is 8.80. The summed E-state index contributed by atoms with van der Waals surface area (Å²) in [5.74, 6) is 3.02. The lowest BCUT2D eigenvalue weighted by Gasteiger charge is -2.54. The van der Waals surface area contributed by atoms with Crippen molar-refractivity contribution in [3.05, 3.63) is 0 Å². The average Bonchev–Trinajstić information content (AvgIpc) is 2.58. The van der Waals surface area contributed by atoms with Gasteiger partial charge in [0, 0.05) is 49.8 Å². The molecule has 0 bridgehead atoms. The standard InChI is InChI=1S/C16H30N4O2S.HI/c1-2-22-14-11-16(12-14,20-3-7-21-8-4-20)13-18-15(17)19-5-9-23-10-6-19;/h14H,2-13H2,1H3,(H2,17,18);1H. The topological polar surface area (TPSA) is 63.3 Å². The van der Waals surface area contributed by atoms with Crippen LogP contribution in [0.3, 0.4) is 0 Å². The molecule has 0 aromatic rings. The lowest BCUT2D eigenvalue weighted by atomic mass is 9.72. The zero-order valence-corrected chi connectivity index (χ0v) is 17.8. The number of hydrogen-bond acceptors (Lipinski definition) is 5. The fraction of sp³-hybridized carbons (Fsp3) is 0.938. The van der Waals surface area contributed by atoms with Crippen molar-refractivity contribution < 1.29 is 9.47 Å². The summed E-state index contributed by atoms with van der Waals surface area (Å²) in [6.07, 6.45) is 2.51. The van der Waals surface area contributed by atoms with Crippen LogP contribution in [0.15, 0.2) is 4.99 Å². The van der Waals surface area contributed by atoms with Crippen LogP contribution in [0.4, 0.5) is 0 Å². The molecule has 3 aliphatic rings. The molecule has 0 amide bonds. The Balaban J connectivity index is 0.00000208.